The lowest BCUT2D eigenvalue weighted by Gasteiger charge is -2.34. The zero-order valence-corrected chi connectivity index (χ0v) is 11.8. The molecule has 0 radical (unpaired) electrons. The van der Waals surface area contributed by atoms with Gasteiger partial charge < -0.3 is 4.52 Å². The van der Waals surface area contributed by atoms with E-state index in [1.165, 1.54) is 0 Å². The van der Waals surface area contributed by atoms with E-state index in [4.69, 9.17) is 10.0 Å². The maximum absolute atomic E-state index is 12.2. The van der Waals surface area contributed by atoms with Crippen LogP contribution in [-0.2, 0) is 9.09 Å². The van der Waals surface area contributed by atoms with Gasteiger partial charge in [0.2, 0.25) is 0 Å². The molecular formula is C10H17BrNO2P. The van der Waals surface area contributed by atoms with Gasteiger partial charge in [0.05, 0.1) is 11.8 Å². The van der Waals surface area contributed by atoms with Gasteiger partial charge in [0.1, 0.15) is 0 Å². The summed E-state index contributed by atoms with van der Waals surface area (Å²) < 4.78 is 18.5. The Morgan fingerprint density at radius 1 is 1.73 bits per heavy atom. The summed E-state index contributed by atoms with van der Waals surface area (Å²) in [4.78, 5) is 0. The molecular weight excluding hydrogens is 277 g/mol. The van der Waals surface area contributed by atoms with Crippen LogP contribution in [0.5, 0.6) is 0 Å². The van der Waals surface area contributed by atoms with Gasteiger partial charge in [-0.1, -0.05) is 27.6 Å². The highest BCUT2D eigenvalue weighted by Gasteiger charge is 2.42. The van der Waals surface area contributed by atoms with E-state index in [0.29, 0.717) is 13.0 Å². The molecule has 0 spiro atoms. The average Bonchev–Trinajstić information content (AvgIpc) is 2.00. The van der Waals surface area contributed by atoms with Gasteiger partial charge in [-0.25, -0.2) is 0 Å². The van der Waals surface area contributed by atoms with E-state index < -0.39 is 12.7 Å². The Balaban J connectivity index is 3.04. The lowest BCUT2D eigenvalue weighted by Crippen LogP contribution is -2.29. The van der Waals surface area contributed by atoms with E-state index in [2.05, 4.69) is 15.9 Å². The van der Waals surface area contributed by atoms with Crippen molar-refractivity contribution in [3.63, 3.8) is 0 Å². The predicted molar refractivity (Wildman–Crippen MR) is 67.2 cm³/mol. The number of rotatable bonds is 3. The summed E-state index contributed by atoms with van der Waals surface area (Å²) in [6, 6.07) is 0. The molecule has 3 nitrogen and oxygen atoms in total. The van der Waals surface area contributed by atoms with Crippen molar-refractivity contribution in [2.45, 2.75) is 32.3 Å². The molecule has 2 unspecified atom stereocenters. The first kappa shape index (κ1) is 13.2. The largest absolute Gasteiger partial charge is 0.317 e. The Labute approximate surface area is 99.4 Å². The minimum absolute atomic E-state index is 0.373. The molecule has 0 bridgehead atoms. The summed E-state index contributed by atoms with van der Waals surface area (Å²) in [5.41, 5.74) is 6.86. The quantitative estimate of drug-likeness (QED) is 0.810. The first-order valence-corrected chi connectivity index (χ1v) is 7.38. The number of hydrogen-bond acceptors (Lipinski definition) is 2. The second-order valence-corrected chi connectivity index (χ2v) is 7.52. The fraction of sp³-hybridized carbons (Fsp3) is 0.600. The van der Waals surface area contributed by atoms with Crippen molar-refractivity contribution < 1.29 is 9.09 Å². The van der Waals surface area contributed by atoms with E-state index in [0.717, 1.165) is 10.1 Å². The summed E-state index contributed by atoms with van der Waals surface area (Å²) in [6.45, 7) is 6.01. The van der Waals surface area contributed by atoms with Crippen LogP contribution in [-0.4, -0.2) is 11.8 Å². The highest BCUT2D eigenvalue weighted by Crippen LogP contribution is 2.57. The Hall–Kier alpha value is 0.110. The highest BCUT2D eigenvalue weighted by molar-refractivity contribution is 9.11. The third-order valence-corrected chi connectivity index (χ3v) is 5.34. The van der Waals surface area contributed by atoms with Crippen molar-refractivity contribution in [3.8, 4) is 0 Å². The van der Waals surface area contributed by atoms with Crippen molar-refractivity contribution >= 4 is 23.4 Å². The molecule has 1 aliphatic rings. The van der Waals surface area contributed by atoms with Gasteiger partial charge in [0.15, 0.2) is 0 Å². The molecule has 0 aliphatic heterocycles. The van der Waals surface area contributed by atoms with Gasteiger partial charge in [0, 0.05) is 0 Å². The molecule has 1 rings (SSSR count). The van der Waals surface area contributed by atoms with E-state index in [1.807, 2.05) is 26.0 Å². The Kier molecular flexibility index (Phi) is 3.99. The van der Waals surface area contributed by atoms with Gasteiger partial charge in [-0.15, -0.1) is 0 Å². The minimum Gasteiger partial charge on any atom is -0.317 e. The molecule has 0 heterocycles. The first-order chi connectivity index (χ1) is 6.81. The molecule has 0 saturated carbocycles. The van der Waals surface area contributed by atoms with Crippen molar-refractivity contribution in [3.05, 3.63) is 22.2 Å². The standard InChI is InChI=1S/C10H17BrNO2P/c1-4-14-15(12,13)10(3)6-8(2)5-9(11)7-10/h5-6H,4,7H2,1-3H3,(H2,12,13). The predicted octanol–water partition coefficient (Wildman–Crippen LogP) is 3.56. The highest BCUT2D eigenvalue weighted by atomic mass is 79.9. The monoisotopic (exact) mass is 293 g/mol. The van der Waals surface area contributed by atoms with Gasteiger partial charge in [-0.3, -0.25) is 10.1 Å². The van der Waals surface area contributed by atoms with Crippen LogP contribution in [0.3, 0.4) is 0 Å². The number of allylic oxidation sites excluding steroid dienone is 4. The summed E-state index contributed by atoms with van der Waals surface area (Å²) >= 11 is 3.44. The number of halogens is 1. The maximum atomic E-state index is 12.2. The van der Waals surface area contributed by atoms with Gasteiger partial charge in [-0.2, -0.15) is 0 Å². The summed E-state index contributed by atoms with van der Waals surface area (Å²) in [7, 11) is -3.10. The molecule has 0 aromatic carbocycles. The number of hydrogen-bond donors (Lipinski definition) is 1. The fourth-order valence-electron chi connectivity index (χ4n) is 1.76. The molecule has 0 fully saturated rings. The normalized spacial score (nSPS) is 30.5. The van der Waals surface area contributed by atoms with Crippen molar-refractivity contribution in [2.24, 2.45) is 5.50 Å². The fourth-order valence-corrected chi connectivity index (χ4v) is 4.38. The van der Waals surface area contributed by atoms with Gasteiger partial charge >= 0.3 is 0 Å². The van der Waals surface area contributed by atoms with Crippen LogP contribution in [0.1, 0.15) is 27.2 Å². The van der Waals surface area contributed by atoms with Crippen molar-refractivity contribution in [2.75, 3.05) is 6.61 Å². The molecule has 5 heteroatoms. The zero-order chi connectivity index (χ0) is 11.7. The summed E-state index contributed by atoms with van der Waals surface area (Å²) in [6.07, 6.45) is 4.57. The van der Waals surface area contributed by atoms with Crippen LogP contribution in [0.15, 0.2) is 22.2 Å². The molecule has 0 amide bonds. The van der Waals surface area contributed by atoms with E-state index in [-0.39, 0.29) is 0 Å². The zero-order valence-electron chi connectivity index (χ0n) is 9.29. The summed E-state index contributed by atoms with van der Waals surface area (Å²) in [5.74, 6) is 0. The molecule has 1 aliphatic carbocycles. The van der Waals surface area contributed by atoms with E-state index >= 15 is 0 Å². The van der Waals surface area contributed by atoms with Crippen LogP contribution < -0.4 is 5.50 Å². The minimum atomic E-state index is -3.10. The smallest absolute Gasteiger partial charge is 0.276 e. The third-order valence-electron chi connectivity index (χ3n) is 2.48. The molecule has 0 saturated heterocycles. The molecule has 2 N–H and O–H groups in total. The molecule has 0 aromatic heterocycles. The number of nitrogens with two attached hydrogens (primary N) is 1. The van der Waals surface area contributed by atoms with Crippen molar-refractivity contribution in [1.82, 2.24) is 0 Å². The van der Waals surface area contributed by atoms with Crippen LogP contribution in [0, 0.1) is 0 Å². The first-order valence-electron chi connectivity index (χ1n) is 4.89. The van der Waals surface area contributed by atoms with Crippen LogP contribution in [0.25, 0.3) is 0 Å². The van der Waals surface area contributed by atoms with Gasteiger partial charge in [0.25, 0.3) is 7.52 Å². The maximum Gasteiger partial charge on any atom is 0.276 e. The van der Waals surface area contributed by atoms with Crippen LogP contribution in [0.2, 0.25) is 0 Å². The van der Waals surface area contributed by atoms with Crippen LogP contribution in [0.4, 0.5) is 0 Å². The molecule has 0 aromatic rings. The van der Waals surface area contributed by atoms with Crippen LogP contribution >= 0.6 is 23.4 Å². The molecule has 2 atom stereocenters. The Bertz CT molecular complexity index is 364. The third kappa shape index (κ3) is 2.82. The topological polar surface area (TPSA) is 52.3 Å². The second-order valence-electron chi connectivity index (χ2n) is 4.03. The average molecular weight is 294 g/mol. The Morgan fingerprint density at radius 2 is 2.33 bits per heavy atom. The summed E-state index contributed by atoms with van der Waals surface area (Å²) in [5, 5.41) is -0.597. The van der Waals surface area contributed by atoms with E-state index in [9.17, 15) is 4.57 Å². The van der Waals surface area contributed by atoms with Gasteiger partial charge in [-0.05, 0) is 37.8 Å². The van der Waals surface area contributed by atoms with E-state index in [1.54, 1.807) is 6.92 Å². The Morgan fingerprint density at radius 3 is 2.80 bits per heavy atom. The second kappa shape index (κ2) is 4.54. The lowest BCUT2D eigenvalue weighted by atomic mass is 9.98. The van der Waals surface area contributed by atoms with Crippen molar-refractivity contribution in [1.29, 1.82) is 0 Å². The SMILES string of the molecule is CCOP(N)(=O)C1(C)C=C(C)C=C(Br)C1. The lowest BCUT2D eigenvalue weighted by molar-refractivity contribution is 0.318. The molecule has 86 valence electrons. The molecule has 15 heavy (non-hydrogen) atoms.